The zero-order chi connectivity index (χ0) is 24.7. The van der Waals surface area contributed by atoms with Gasteiger partial charge < -0.3 is 15.1 Å². The van der Waals surface area contributed by atoms with Crippen LogP contribution in [-0.4, -0.2) is 50.1 Å². The van der Waals surface area contributed by atoms with Crippen LogP contribution in [0.3, 0.4) is 0 Å². The fourth-order valence-corrected chi connectivity index (χ4v) is 8.79. The Bertz CT molecular complexity index is 1080. The van der Waals surface area contributed by atoms with Gasteiger partial charge in [-0.1, -0.05) is 71.6 Å². The largest absolute Gasteiger partial charge is 0.345 e. The summed E-state index contributed by atoms with van der Waals surface area (Å²) in [7, 11) is 2.31. The van der Waals surface area contributed by atoms with E-state index < -0.39 is 0 Å². The number of likely N-dealkylation sites (N-methyl/N-ethyl adjacent to an activating group) is 1. The summed E-state index contributed by atoms with van der Waals surface area (Å²) in [5.74, 6) is 1.77. The molecule has 1 aliphatic carbocycles. The number of quaternary nitrogens is 2. The summed E-state index contributed by atoms with van der Waals surface area (Å²) in [6, 6.07) is 18.3. The van der Waals surface area contributed by atoms with Crippen molar-refractivity contribution in [2.75, 3.05) is 33.2 Å². The van der Waals surface area contributed by atoms with E-state index in [9.17, 15) is 4.79 Å². The van der Waals surface area contributed by atoms with Crippen LogP contribution in [0.25, 0.3) is 0 Å². The Balaban J connectivity index is 1.32. The lowest BCUT2D eigenvalue weighted by Gasteiger charge is -2.47. The minimum Gasteiger partial charge on any atom is -0.345 e. The Morgan fingerprint density at radius 3 is 2.69 bits per heavy atom. The molecule has 0 aromatic heterocycles. The maximum atomic E-state index is 14.6. The quantitative estimate of drug-likeness (QED) is 0.604. The molecule has 5 heteroatoms. The molecule has 192 valence electrons. The number of likely N-dealkylation sites (tertiary alicyclic amines) is 1. The predicted molar refractivity (Wildman–Crippen MR) is 147 cm³/mol. The highest BCUT2D eigenvalue weighted by molar-refractivity contribution is 9.10. The minimum atomic E-state index is -0.0527. The highest BCUT2D eigenvalue weighted by Crippen LogP contribution is 2.43. The molecule has 2 saturated heterocycles. The molecule has 1 saturated carbocycles. The number of fused-ring (bicyclic) bond motifs is 2. The van der Waals surface area contributed by atoms with E-state index in [1.54, 1.807) is 0 Å². The maximum Gasteiger partial charge on any atom is 0.233 e. The van der Waals surface area contributed by atoms with Gasteiger partial charge in [0, 0.05) is 22.6 Å². The van der Waals surface area contributed by atoms with E-state index in [1.165, 1.54) is 53.7 Å². The molecular weight excluding hydrogens is 510 g/mol. The molecule has 1 amide bonds. The average Bonchev–Trinajstić information content (AvgIpc) is 3.32. The molecular formula is C31H42BrN3O+2. The molecule has 0 bridgehead atoms. The van der Waals surface area contributed by atoms with E-state index in [-0.39, 0.29) is 11.3 Å². The fraction of sp³-hybridized carbons (Fsp3) is 0.581. The average molecular weight is 553 g/mol. The topological polar surface area (TPSA) is 41.4 Å². The lowest BCUT2D eigenvalue weighted by atomic mass is 9.67. The summed E-state index contributed by atoms with van der Waals surface area (Å²) >= 11 is 3.70. The van der Waals surface area contributed by atoms with Crippen LogP contribution in [0.15, 0.2) is 53.0 Å². The van der Waals surface area contributed by atoms with Gasteiger partial charge in [0.25, 0.3) is 0 Å². The van der Waals surface area contributed by atoms with E-state index in [1.807, 2.05) is 0 Å². The zero-order valence-corrected chi connectivity index (χ0v) is 23.3. The lowest BCUT2D eigenvalue weighted by molar-refractivity contribution is -0.902. The third-order valence-corrected chi connectivity index (χ3v) is 10.5. The SMILES string of the molecule is C[NH+]1Cc2cc(Br)ccc2[C@@]2(C[NH2+]C[C@H]2C(=O)N2CC[C@@H](c3ccccc3)C[C@H]2C2CCCCC2)C1. The van der Waals surface area contributed by atoms with Crippen molar-refractivity contribution in [1.82, 2.24) is 4.90 Å². The molecule has 2 aromatic rings. The second kappa shape index (κ2) is 10.2. The van der Waals surface area contributed by atoms with Crippen LogP contribution in [0.5, 0.6) is 0 Å². The molecule has 4 aliphatic rings. The number of piperidine rings is 1. The zero-order valence-electron chi connectivity index (χ0n) is 21.7. The van der Waals surface area contributed by atoms with Gasteiger partial charge in [0.2, 0.25) is 5.91 Å². The van der Waals surface area contributed by atoms with Crippen LogP contribution in [-0.2, 0) is 16.8 Å². The fourth-order valence-electron chi connectivity index (χ4n) is 8.39. The van der Waals surface area contributed by atoms with Crippen LogP contribution in [0, 0.1) is 11.8 Å². The van der Waals surface area contributed by atoms with Crippen LogP contribution in [0.1, 0.15) is 67.6 Å². The van der Waals surface area contributed by atoms with Gasteiger partial charge in [-0.25, -0.2) is 0 Å². The van der Waals surface area contributed by atoms with Gasteiger partial charge in [0.15, 0.2) is 0 Å². The lowest BCUT2D eigenvalue weighted by Crippen LogP contribution is -3.11. The Kier molecular flexibility index (Phi) is 7.00. The van der Waals surface area contributed by atoms with E-state index in [0.717, 1.165) is 50.0 Å². The molecule has 3 fully saturated rings. The number of carbonyl (C=O) groups excluding carboxylic acids is 1. The number of amides is 1. The Hall–Kier alpha value is -1.69. The summed E-state index contributed by atoms with van der Waals surface area (Å²) in [6.45, 7) is 4.98. The van der Waals surface area contributed by atoms with Crippen molar-refractivity contribution in [1.29, 1.82) is 0 Å². The van der Waals surface area contributed by atoms with Gasteiger partial charge in [-0.2, -0.15) is 0 Å². The maximum absolute atomic E-state index is 14.6. The third-order valence-electron chi connectivity index (χ3n) is 9.98. The number of nitrogens with one attached hydrogen (secondary N) is 1. The second-order valence-electron chi connectivity index (χ2n) is 12.2. The second-order valence-corrected chi connectivity index (χ2v) is 13.1. The summed E-state index contributed by atoms with van der Waals surface area (Å²) in [4.78, 5) is 18.6. The van der Waals surface area contributed by atoms with Gasteiger partial charge in [0.1, 0.15) is 17.9 Å². The number of halogens is 1. The number of rotatable bonds is 3. The van der Waals surface area contributed by atoms with Crippen molar-refractivity contribution < 1.29 is 15.0 Å². The highest BCUT2D eigenvalue weighted by atomic mass is 79.9. The Morgan fingerprint density at radius 1 is 1.08 bits per heavy atom. The number of nitrogens with zero attached hydrogens (tertiary/aromatic N) is 1. The van der Waals surface area contributed by atoms with E-state index >= 15 is 0 Å². The predicted octanol–water partition coefficient (Wildman–Crippen LogP) is 3.26. The molecule has 2 aromatic carbocycles. The van der Waals surface area contributed by atoms with Crippen molar-refractivity contribution in [3.8, 4) is 0 Å². The minimum absolute atomic E-state index is 0.0527. The van der Waals surface area contributed by atoms with Gasteiger partial charge in [-0.3, -0.25) is 4.79 Å². The molecule has 3 heterocycles. The molecule has 36 heavy (non-hydrogen) atoms. The first kappa shape index (κ1) is 24.6. The van der Waals surface area contributed by atoms with Crippen LogP contribution in [0.2, 0.25) is 0 Å². The smallest absolute Gasteiger partial charge is 0.233 e. The summed E-state index contributed by atoms with van der Waals surface area (Å²) in [5.41, 5.74) is 4.28. The molecule has 3 N–H and O–H groups in total. The van der Waals surface area contributed by atoms with Crippen LogP contribution < -0.4 is 10.2 Å². The molecule has 0 radical (unpaired) electrons. The number of hydrogen-bond donors (Lipinski definition) is 2. The van der Waals surface area contributed by atoms with Gasteiger partial charge in [0.05, 0.1) is 26.7 Å². The van der Waals surface area contributed by atoms with Crippen molar-refractivity contribution in [3.05, 3.63) is 69.7 Å². The number of carbonyl (C=O) groups is 1. The van der Waals surface area contributed by atoms with Gasteiger partial charge in [-0.15, -0.1) is 0 Å². The standard InChI is InChI=1S/C31H40BrN3O/c1-34-19-25-16-26(32)12-13-27(25)31(21-34)20-33-18-28(31)30(36)35-15-14-24(22-8-4-2-5-9-22)17-29(35)23-10-6-3-7-11-23/h2,4-5,8-9,12-13,16,23-24,28-29,33H,3,6-7,10-11,14-15,17-21H2,1H3/p+2/t24-,28+,29+,31-/m1/s1. The van der Waals surface area contributed by atoms with E-state index in [4.69, 9.17) is 0 Å². The monoisotopic (exact) mass is 551 g/mol. The molecule has 3 aliphatic heterocycles. The van der Waals surface area contributed by atoms with Crippen molar-refractivity contribution in [2.24, 2.45) is 11.8 Å². The first-order valence-electron chi connectivity index (χ1n) is 14.3. The normalized spacial score (nSPS) is 33.0. The first-order valence-corrected chi connectivity index (χ1v) is 15.1. The van der Waals surface area contributed by atoms with Gasteiger partial charge >= 0.3 is 0 Å². The Labute approximate surface area is 224 Å². The number of hydrogen-bond acceptors (Lipinski definition) is 1. The highest BCUT2D eigenvalue weighted by Gasteiger charge is 2.58. The summed E-state index contributed by atoms with van der Waals surface area (Å²) < 4.78 is 1.15. The molecule has 6 rings (SSSR count). The van der Waals surface area contributed by atoms with Crippen molar-refractivity contribution >= 4 is 21.8 Å². The van der Waals surface area contributed by atoms with E-state index in [2.05, 4.69) is 81.7 Å². The third kappa shape index (κ3) is 4.46. The first-order chi connectivity index (χ1) is 17.5. The van der Waals surface area contributed by atoms with E-state index in [0.29, 0.717) is 23.8 Å². The van der Waals surface area contributed by atoms with Crippen LogP contribution >= 0.6 is 15.9 Å². The summed E-state index contributed by atoms with van der Waals surface area (Å²) in [6.07, 6.45) is 8.84. The molecule has 4 nitrogen and oxygen atoms in total. The van der Waals surface area contributed by atoms with Crippen LogP contribution in [0.4, 0.5) is 0 Å². The molecule has 1 unspecified atom stereocenters. The molecule has 1 spiro atoms. The van der Waals surface area contributed by atoms with Crippen molar-refractivity contribution in [2.45, 2.75) is 68.9 Å². The van der Waals surface area contributed by atoms with Gasteiger partial charge in [-0.05, 0) is 60.8 Å². The Morgan fingerprint density at radius 2 is 1.89 bits per heavy atom. The summed E-state index contributed by atoms with van der Waals surface area (Å²) in [5, 5.41) is 2.43. The number of benzene rings is 2. The van der Waals surface area contributed by atoms with Crippen molar-refractivity contribution in [3.63, 3.8) is 0 Å². The number of nitrogens with two attached hydrogens (primary N) is 1. The molecule has 5 atom stereocenters.